The summed E-state index contributed by atoms with van der Waals surface area (Å²) in [5, 5.41) is 10.5. The Kier molecular flexibility index (Phi) is 9.02. The summed E-state index contributed by atoms with van der Waals surface area (Å²) in [6.45, 7) is 17.3. The molecule has 0 amide bonds. The fourth-order valence-electron chi connectivity index (χ4n) is 3.70. The van der Waals surface area contributed by atoms with Crippen molar-refractivity contribution in [3.05, 3.63) is 65.2 Å². The average molecular weight is 507 g/mol. The maximum Gasteiger partial charge on any atom is 0.316 e. The van der Waals surface area contributed by atoms with Crippen LogP contribution in [-0.4, -0.2) is 45.4 Å². The summed E-state index contributed by atoms with van der Waals surface area (Å²) in [6, 6.07) is 15.1. The highest BCUT2D eigenvalue weighted by Crippen LogP contribution is 2.27. The lowest BCUT2D eigenvalue weighted by Gasteiger charge is -2.37. The van der Waals surface area contributed by atoms with Crippen molar-refractivity contribution in [2.45, 2.75) is 64.8 Å². The lowest BCUT2D eigenvalue weighted by molar-refractivity contribution is 0.103. The maximum atomic E-state index is 12.7. The third-order valence-corrected chi connectivity index (χ3v) is 17.5. The molecular formula is C23H38O5Si4. The molecule has 0 saturated carbocycles. The van der Waals surface area contributed by atoms with Crippen LogP contribution < -0.4 is 0 Å². The molecule has 0 aliphatic rings. The van der Waals surface area contributed by atoms with Gasteiger partial charge < -0.3 is 17.5 Å². The van der Waals surface area contributed by atoms with Crippen LogP contribution in [0, 0.1) is 0 Å². The van der Waals surface area contributed by atoms with E-state index in [4.69, 9.17) is 12.3 Å². The van der Waals surface area contributed by atoms with Gasteiger partial charge in [0, 0.05) is 5.56 Å². The zero-order valence-electron chi connectivity index (χ0n) is 20.7. The zero-order valence-corrected chi connectivity index (χ0v) is 24.8. The second-order valence-electron chi connectivity index (χ2n) is 10.3. The number of benzene rings is 2. The Hall–Kier alpha value is -1.34. The highest BCUT2D eigenvalue weighted by Gasteiger charge is 2.39. The molecule has 9 heteroatoms. The van der Waals surface area contributed by atoms with Crippen molar-refractivity contribution in [2.75, 3.05) is 0 Å². The third kappa shape index (κ3) is 8.89. The van der Waals surface area contributed by atoms with Gasteiger partial charge in [-0.3, -0.25) is 4.79 Å². The minimum absolute atomic E-state index is 0.0107. The van der Waals surface area contributed by atoms with Gasteiger partial charge in [-0.25, -0.2) is 0 Å². The molecule has 2 atom stereocenters. The van der Waals surface area contributed by atoms with Gasteiger partial charge in [-0.1, -0.05) is 36.4 Å². The summed E-state index contributed by atoms with van der Waals surface area (Å²) in [5.41, 5.74) is 1.85. The highest BCUT2D eigenvalue weighted by atomic mass is 28.5. The highest BCUT2D eigenvalue weighted by molar-refractivity contribution is 6.85. The molecule has 2 unspecified atom stereocenters. The van der Waals surface area contributed by atoms with Crippen LogP contribution in [-0.2, 0) is 18.8 Å². The van der Waals surface area contributed by atoms with Crippen molar-refractivity contribution in [2.24, 2.45) is 0 Å². The summed E-state index contributed by atoms with van der Waals surface area (Å²) >= 11 is 0. The van der Waals surface area contributed by atoms with Gasteiger partial charge in [-0.2, -0.15) is 0 Å². The molecule has 0 aliphatic carbocycles. The molecule has 2 aromatic rings. The van der Waals surface area contributed by atoms with Gasteiger partial charge >= 0.3 is 8.56 Å². The van der Waals surface area contributed by atoms with Crippen molar-refractivity contribution >= 4 is 40.3 Å². The zero-order chi connectivity index (χ0) is 24.2. The van der Waals surface area contributed by atoms with Crippen LogP contribution in [0.25, 0.3) is 0 Å². The number of phenolic OH excluding ortho intramolecular Hbond substituents is 1. The molecule has 2 rings (SSSR count). The second kappa shape index (κ2) is 10.7. The molecule has 0 saturated heterocycles. The van der Waals surface area contributed by atoms with Crippen LogP contribution in [0.2, 0.25) is 58.4 Å². The Balaban J connectivity index is 2.14. The van der Waals surface area contributed by atoms with Crippen LogP contribution in [0.15, 0.2) is 48.5 Å². The van der Waals surface area contributed by atoms with Gasteiger partial charge in [0.25, 0.3) is 9.28 Å². The standard InChI is InChI=1S/C23H38O5Si4/c1-29(26-30(2,3)4)27-32(8,28-31(5,6)7)17-16-19-14-15-21(22(24)18-19)23(25)20-12-10-9-11-13-20/h9-15,18,24,29H,16-17H2,1-8H3. The fraction of sp³-hybridized carbons (Fsp3) is 0.435. The van der Waals surface area contributed by atoms with E-state index in [2.05, 4.69) is 52.4 Å². The first-order valence-electron chi connectivity index (χ1n) is 11.1. The summed E-state index contributed by atoms with van der Waals surface area (Å²) in [4.78, 5) is 12.7. The Bertz CT molecular complexity index is 909. The molecular weight excluding hydrogens is 469 g/mol. The minimum atomic E-state index is -2.46. The van der Waals surface area contributed by atoms with Crippen LogP contribution in [0.1, 0.15) is 21.5 Å². The van der Waals surface area contributed by atoms with E-state index in [0.29, 0.717) is 17.5 Å². The Morgan fingerprint density at radius 3 is 2.06 bits per heavy atom. The first-order chi connectivity index (χ1) is 14.7. The molecule has 0 heterocycles. The molecule has 2 aromatic carbocycles. The average Bonchev–Trinajstić information content (AvgIpc) is 2.63. The van der Waals surface area contributed by atoms with Crippen molar-refractivity contribution in [3.8, 4) is 5.75 Å². The predicted octanol–water partition coefficient (Wildman–Crippen LogP) is 5.81. The molecule has 0 fully saturated rings. The second-order valence-corrected chi connectivity index (χ2v) is 25.4. The largest absolute Gasteiger partial charge is 0.507 e. The van der Waals surface area contributed by atoms with E-state index in [1.54, 1.807) is 24.3 Å². The van der Waals surface area contributed by atoms with Gasteiger partial charge in [0.05, 0.1) is 5.56 Å². The van der Waals surface area contributed by atoms with Crippen molar-refractivity contribution < 1.29 is 22.2 Å². The normalized spacial score (nSPS) is 15.2. The predicted molar refractivity (Wildman–Crippen MR) is 141 cm³/mol. The van der Waals surface area contributed by atoms with Crippen LogP contribution >= 0.6 is 0 Å². The van der Waals surface area contributed by atoms with E-state index >= 15 is 0 Å². The number of carbonyl (C=O) groups is 1. The topological polar surface area (TPSA) is 65.0 Å². The Morgan fingerprint density at radius 2 is 1.53 bits per heavy atom. The molecule has 0 aromatic heterocycles. The van der Waals surface area contributed by atoms with Gasteiger partial charge in [-0.15, -0.1) is 0 Å². The van der Waals surface area contributed by atoms with Crippen LogP contribution in [0.5, 0.6) is 5.75 Å². The summed E-state index contributed by atoms with van der Waals surface area (Å²) in [6.07, 6.45) is 0.717. The molecule has 5 nitrogen and oxygen atoms in total. The number of ketones is 1. The van der Waals surface area contributed by atoms with Crippen LogP contribution in [0.4, 0.5) is 0 Å². The molecule has 176 valence electrons. The first-order valence-corrected chi connectivity index (χ1v) is 22.6. The molecule has 0 aliphatic heterocycles. The van der Waals surface area contributed by atoms with E-state index in [-0.39, 0.29) is 11.5 Å². The maximum absolute atomic E-state index is 12.7. The third-order valence-electron chi connectivity index (χ3n) is 4.67. The van der Waals surface area contributed by atoms with Crippen molar-refractivity contribution in [1.29, 1.82) is 0 Å². The first kappa shape index (κ1) is 26.9. The summed E-state index contributed by atoms with van der Waals surface area (Å²) in [7, 11) is -7.75. The molecule has 0 bridgehead atoms. The lowest BCUT2D eigenvalue weighted by atomic mass is 10.0. The van der Waals surface area contributed by atoms with E-state index in [9.17, 15) is 9.90 Å². The summed E-state index contributed by atoms with van der Waals surface area (Å²) in [5.74, 6) is -0.167. The smallest absolute Gasteiger partial charge is 0.316 e. The quantitative estimate of drug-likeness (QED) is 0.308. The number of rotatable bonds is 11. The SMILES string of the molecule is C[SiH](O[Si](C)(C)C)O[Si](C)(CCc1ccc(C(=O)c2ccccc2)c(O)c1)O[Si](C)(C)C. The molecule has 0 radical (unpaired) electrons. The van der Waals surface area contributed by atoms with Gasteiger partial charge in [-0.05, 0) is 82.5 Å². The Labute approximate surface area is 198 Å². The number of aromatic hydroxyl groups is 1. The number of carbonyl (C=O) groups excluding carboxylic acids is 1. The molecule has 1 N–H and O–H groups in total. The molecule has 32 heavy (non-hydrogen) atoms. The van der Waals surface area contributed by atoms with E-state index in [0.717, 1.165) is 11.6 Å². The summed E-state index contributed by atoms with van der Waals surface area (Å²) < 4.78 is 19.4. The van der Waals surface area contributed by atoms with Gasteiger partial charge in [0.2, 0.25) is 0 Å². The Morgan fingerprint density at radius 1 is 0.906 bits per heavy atom. The lowest BCUT2D eigenvalue weighted by Crippen LogP contribution is -2.52. The van der Waals surface area contributed by atoms with E-state index in [1.807, 2.05) is 24.3 Å². The van der Waals surface area contributed by atoms with Gasteiger partial charge in [0.15, 0.2) is 22.4 Å². The molecule has 0 spiro atoms. The minimum Gasteiger partial charge on any atom is -0.507 e. The van der Waals surface area contributed by atoms with E-state index < -0.39 is 34.5 Å². The number of hydrogen-bond donors (Lipinski definition) is 1. The van der Waals surface area contributed by atoms with E-state index in [1.165, 1.54) is 0 Å². The monoisotopic (exact) mass is 506 g/mol. The van der Waals surface area contributed by atoms with Crippen LogP contribution in [0.3, 0.4) is 0 Å². The van der Waals surface area contributed by atoms with Gasteiger partial charge in [0.1, 0.15) is 5.75 Å². The number of aryl methyl sites for hydroxylation is 1. The van der Waals surface area contributed by atoms with Crippen molar-refractivity contribution in [3.63, 3.8) is 0 Å². The number of hydrogen-bond acceptors (Lipinski definition) is 5. The van der Waals surface area contributed by atoms with Crippen molar-refractivity contribution in [1.82, 2.24) is 0 Å². The number of phenols is 1. The fourth-order valence-corrected chi connectivity index (χ4v) is 18.5.